The first-order chi connectivity index (χ1) is 9.50. The summed E-state index contributed by atoms with van der Waals surface area (Å²) in [5, 5.41) is 9.27. The van der Waals surface area contributed by atoms with Crippen molar-refractivity contribution in [3.05, 3.63) is 29.8 Å². The Morgan fingerprint density at radius 2 is 2.15 bits per heavy atom. The van der Waals surface area contributed by atoms with Crippen LogP contribution in [0.25, 0.3) is 0 Å². The van der Waals surface area contributed by atoms with Crippen LogP contribution in [0.2, 0.25) is 0 Å². The van der Waals surface area contributed by atoms with Crippen molar-refractivity contribution >= 4 is 17.6 Å². The Bertz CT molecular complexity index is 514. The number of carboxylic acid groups (broad SMARTS) is 1. The molecular weight excluding hydrogens is 256 g/mol. The Kier molecular flexibility index (Phi) is 4.39. The van der Waals surface area contributed by atoms with Gasteiger partial charge in [-0.3, -0.25) is 9.59 Å². The Morgan fingerprint density at radius 1 is 1.45 bits per heavy atom. The molecule has 0 bridgehead atoms. The zero-order valence-corrected chi connectivity index (χ0v) is 11.6. The third kappa shape index (κ3) is 2.99. The molecule has 0 aromatic heterocycles. The third-order valence-corrected chi connectivity index (χ3v) is 3.66. The minimum atomic E-state index is -0.833. The summed E-state index contributed by atoms with van der Waals surface area (Å²) in [5.74, 6) is -1.34. The maximum absolute atomic E-state index is 12.3. The zero-order valence-electron chi connectivity index (χ0n) is 11.6. The highest BCUT2D eigenvalue weighted by Gasteiger charge is 2.31. The molecule has 0 spiro atoms. The lowest BCUT2D eigenvalue weighted by Gasteiger charge is -2.32. The quantitative estimate of drug-likeness (QED) is 0.877. The largest absolute Gasteiger partial charge is 0.481 e. The van der Waals surface area contributed by atoms with Gasteiger partial charge in [-0.15, -0.1) is 0 Å². The van der Waals surface area contributed by atoms with Gasteiger partial charge in [-0.1, -0.05) is 18.2 Å². The predicted molar refractivity (Wildman–Crippen MR) is 76.7 cm³/mol. The number of hydrogen-bond donors (Lipinski definition) is 2. The van der Waals surface area contributed by atoms with Crippen LogP contribution in [0.4, 0.5) is 5.69 Å². The van der Waals surface area contributed by atoms with Crippen molar-refractivity contribution in [1.29, 1.82) is 0 Å². The minimum absolute atomic E-state index is 0.00856. The molecule has 1 aromatic carbocycles. The summed E-state index contributed by atoms with van der Waals surface area (Å²) in [6.07, 6.45) is 1.49. The molecule has 3 N–H and O–H groups in total. The molecule has 0 saturated carbocycles. The van der Waals surface area contributed by atoms with E-state index in [1.807, 2.05) is 25.1 Å². The molecule has 0 fully saturated rings. The fraction of sp³-hybridized carbons (Fsp3) is 0.467. The van der Waals surface area contributed by atoms with Crippen molar-refractivity contribution in [3.8, 4) is 0 Å². The molecule has 1 aliphatic rings. The molecule has 1 aliphatic heterocycles. The number of carboxylic acids is 1. The first kappa shape index (κ1) is 14.5. The van der Waals surface area contributed by atoms with Gasteiger partial charge in [-0.05, 0) is 31.4 Å². The van der Waals surface area contributed by atoms with E-state index in [0.717, 1.165) is 11.3 Å². The van der Waals surface area contributed by atoms with Crippen molar-refractivity contribution in [2.45, 2.75) is 38.1 Å². The second-order valence-electron chi connectivity index (χ2n) is 5.30. The molecule has 5 heteroatoms. The van der Waals surface area contributed by atoms with E-state index in [9.17, 15) is 14.7 Å². The lowest BCUT2D eigenvalue weighted by atomic mass is 9.89. The monoisotopic (exact) mass is 276 g/mol. The van der Waals surface area contributed by atoms with Crippen molar-refractivity contribution < 1.29 is 14.7 Å². The zero-order chi connectivity index (χ0) is 14.7. The van der Waals surface area contributed by atoms with Crippen LogP contribution in [0, 0.1) is 0 Å². The van der Waals surface area contributed by atoms with E-state index in [2.05, 4.69) is 0 Å². The van der Waals surface area contributed by atoms with Gasteiger partial charge in [0.25, 0.3) is 0 Å². The number of hydrogen-bond acceptors (Lipinski definition) is 3. The number of benzene rings is 1. The Morgan fingerprint density at radius 3 is 2.80 bits per heavy atom. The molecule has 2 unspecified atom stereocenters. The van der Waals surface area contributed by atoms with Crippen LogP contribution in [0.1, 0.15) is 37.7 Å². The summed E-state index contributed by atoms with van der Waals surface area (Å²) in [4.78, 5) is 25.2. The van der Waals surface area contributed by atoms with Crippen LogP contribution in [0.3, 0.4) is 0 Å². The molecule has 20 heavy (non-hydrogen) atoms. The maximum Gasteiger partial charge on any atom is 0.311 e. The maximum atomic E-state index is 12.3. The molecule has 5 nitrogen and oxygen atoms in total. The number of nitrogens with two attached hydrogens (primary N) is 1. The van der Waals surface area contributed by atoms with Gasteiger partial charge in [0.15, 0.2) is 0 Å². The van der Waals surface area contributed by atoms with Gasteiger partial charge in [-0.2, -0.15) is 0 Å². The molecule has 0 aliphatic carbocycles. The predicted octanol–water partition coefficient (Wildman–Crippen LogP) is 1.72. The lowest BCUT2D eigenvalue weighted by Crippen LogP contribution is -2.38. The minimum Gasteiger partial charge on any atom is -0.481 e. The van der Waals surface area contributed by atoms with Crippen molar-refractivity contribution in [2.75, 3.05) is 11.4 Å². The van der Waals surface area contributed by atoms with E-state index in [1.54, 1.807) is 11.0 Å². The van der Waals surface area contributed by atoms with E-state index >= 15 is 0 Å². The number of aliphatic carboxylic acids is 1. The fourth-order valence-corrected chi connectivity index (χ4v) is 2.56. The van der Waals surface area contributed by atoms with Crippen LogP contribution in [0.5, 0.6) is 0 Å². The molecule has 0 radical (unpaired) electrons. The summed E-state index contributed by atoms with van der Waals surface area (Å²) in [7, 11) is 0. The molecule has 108 valence electrons. The second kappa shape index (κ2) is 6.05. The van der Waals surface area contributed by atoms with Crippen molar-refractivity contribution in [3.63, 3.8) is 0 Å². The van der Waals surface area contributed by atoms with E-state index in [1.165, 1.54) is 0 Å². The van der Waals surface area contributed by atoms with E-state index in [4.69, 9.17) is 5.73 Å². The van der Waals surface area contributed by atoms with Gasteiger partial charge in [0, 0.05) is 24.7 Å². The molecule has 2 atom stereocenters. The number of anilines is 1. The molecule has 1 amide bonds. The Labute approximate surface area is 118 Å². The molecule has 2 rings (SSSR count). The van der Waals surface area contributed by atoms with Crippen molar-refractivity contribution in [1.82, 2.24) is 0 Å². The normalized spacial score (nSPS) is 19.3. The number of fused-ring (bicyclic) bond motifs is 1. The van der Waals surface area contributed by atoms with Gasteiger partial charge in [0.05, 0.1) is 5.92 Å². The summed E-state index contributed by atoms with van der Waals surface area (Å²) in [5.41, 5.74) is 7.12. The average molecular weight is 276 g/mol. The fourth-order valence-electron chi connectivity index (χ4n) is 2.56. The standard InChI is InChI=1S/C15H20N2O3/c1-10(16)6-7-14(18)17-9-8-12(15(19)20)11-4-2-3-5-13(11)17/h2-5,10,12H,6-9,16H2,1H3,(H,19,20). The molecular formula is C15H20N2O3. The summed E-state index contributed by atoms with van der Waals surface area (Å²) in [6, 6.07) is 7.23. The van der Waals surface area contributed by atoms with E-state index in [0.29, 0.717) is 25.8 Å². The van der Waals surface area contributed by atoms with Crippen LogP contribution < -0.4 is 10.6 Å². The summed E-state index contributed by atoms with van der Waals surface area (Å²) < 4.78 is 0. The van der Waals surface area contributed by atoms with Crippen LogP contribution in [0.15, 0.2) is 24.3 Å². The topological polar surface area (TPSA) is 83.6 Å². The highest BCUT2D eigenvalue weighted by atomic mass is 16.4. The number of carbonyl (C=O) groups is 2. The third-order valence-electron chi connectivity index (χ3n) is 3.66. The number of carbonyl (C=O) groups excluding carboxylic acids is 1. The van der Waals surface area contributed by atoms with Crippen LogP contribution >= 0.6 is 0 Å². The second-order valence-corrected chi connectivity index (χ2v) is 5.30. The van der Waals surface area contributed by atoms with Gasteiger partial charge in [0.1, 0.15) is 0 Å². The molecule has 1 heterocycles. The van der Waals surface area contributed by atoms with E-state index in [-0.39, 0.29) is 11.9 Å². The van der Waals surface area contributed by atoms with E-state index < -0.39 is 11.9 Å². The number of nitrogens with zero attached hydrogens (tertiary/aromatic N) is 1. The first-order valence-electron chi connectivity index (χ1n) is 6.88. The molecule has 0 saturated heterocycles. The highest BCUT2D eigenvalue weighted by Crippen LogP contribution is 2.35. The first-order valence-corrected chi connectivity index (χ1v) is 6.88. The number of amides is 1. The summed E-state index contributed by atoms with van der Waals surface area (Å²) in [6.45, 7) is 2.32. The number of para-hydroxylation sites is 1. The Balaban J connectivity index is 2.23. The molecule has 1 aromatic rings. The Hall–Kier alpha value is -1.88. The van der Waals surface area contributed by atoms with Gasteiger partial charge >= 0.3 is 5.97 Å². The van der Waals surface area contributed by atoms with Gasteiger partial charge in [0.2, 0.25) is 5.91 Å². The van der Waals surface area contributed by atoms with Crippen LogP contribution in [-0.4, -0.2) is 29.6 Å². The highest BCUT2D eigenvalue weighted by molar-refractivity contribution is 5.96. The number of rotatable bonds is 4. The average Bonchev–Trinajstić information content (AvgIpc) is 2.43. The van der Waals surface area contributed by atoms with Gasteiger partial charge < -0.3 is 15.7 Å². The SMILES string of the molecule is CC(N)CCC(=O)N1CCC(C(=O)O)c2ccccc21. The summed E-state index contributed by atoms with van der Waals surface area (Å²) >= 11 is 0. The lowest BCUT2D eigenvalue weighted by molar-refractivity contribution is -0.139. The smallest absolute Gasteiger partial charge is 0.311 e. The van der Waals surface area contributed by atoms with Gasteiger partial charge in [-0.25, -0.2) is 0 Å². The van der Waals surface area contributed by atoms with Crippen molar-refractivity contribution in [2.24, 2.45) is 5.73 Å². The van der Waals surface area contributed by atoms with Crippen LogP contribution in [-0.2, 0) is 9.59 Å².